The van der Waals surface area contributed by atoms with E-state index >= 15 is 0 Å². The second-order valence-corrected chi connectivity index (χ2v) is 4.35. The van der Waals surface area contributed by atoms with Gasteiger partial charge in [0.25, 0.3) is 0 Å². The second-order valence-electron chi connectivity index (χ2n) is 4.35. The van der Waals surface area contributed by atoms with Crippen LogP contribution in [0, 0.1) is 5.41 Å². The van der Waals surface area contributed by atoms with Crippen molar-refractivity contribution in [3.8, 4) is 0 Å². The summed E-state index contributed by atoms with van der Waals surface area (Å²) in [6, 6.07) is 0. The Morgan fingerprint density at radius 3 is 2.50 bits per heavy atom. The highest BCUT2D eigenvalue weighted by Crippen LogP contribution is 2.33. The van der Waals surface area contributed by atoms with Gasteiger partial charge in [-0.3, -0.25) is 0 Å². The predicted octanol–water partition coefficient (Wildman–Crippen LogP) is 2.10. The SMILES string of the molecule is CCC1(C)CCN(/C=C/C(=O)O)CC1. The molecule has 0 spiro atoms. The summed E-state index contributed by atoms with van der Waals surface area (Å²) < 4.78 is 0. The van der Waals surface area contributed by atoms with E-state index in [4.69, 9.17) is 5.11 Å². The van der Waals surface area contributed by atoms with Crippen molar-refractivity contribution in [2.24, 2.45) is 5.41 Å². The van der Waals surface area contributed by atoms with Gasteiger partial charge in [0.15, 0.2) is 0 Å². The third-order valence-electron chi connectivity index (χ3n) is 3.29. The molecule has 1 N–H and O–H groups in total. The normalized spacial score (nSPS) is 21.4. The third-order valence-corrected chi connectivity index (χ3v) is 3.29. The van der Waals surface area contributed by atoms with Gasteiger partial charge in [-0.05, 0) is 18.3 Å². The van der Waals surface area contributed by atoms with Crippen molar-refractivity contribution in [1.29, 1.82) is 0 Å². The quantitative estimate of drug-likeness (QED) is 0.704. The number of hydrogen-bond acceptors (Lipinski definition) is 2. The number of piperidine rings is 1. The van der Waals surface area contributed by atoms with Crippen molar-refractivity contribution in [3.05, 3.63) is 12.3 Å². The van der Waals surface area contributed by atoms with Gasteiger partial charge in [-0.1, -0.05) is 20.3 Å². The maximum absolute atomic E-state index is 10.3. The highest BCUT2D eigenvalue weighted by Gasteiger charge is 2.26. The number of carboxylic acids is 1. The Bertz CT molecular complexity index is 227. The third kappa shape index (κ3) is 3.05. The predicted molar refractivity (Wildman–Crippen MR) is 56.0 cm³/mol. The molecule has 1 saturated heterocycles. The van der Waals surface area contributed by atoms with Crippen molar-refractivity contribution in [2.75, 3.05) is 13.1 Å². The number of carboxylic acid groups (broad SMARTS) is 1. The Morgan fingerprint density at radius 1 is 1.50 bits per heavy atom. The summed E-state index contributed by atoms with van der Waals surface area (Å²) in [5, 5.41) is 8.48. The van der Waals surface area contributed by atoms with Crippen molar-refractivity contribution in [3.63, 3.8) is 0 Å². The molecule has 1 heterocycles. The maximum atomic E-state index is 10.3. The Labute approximate surface area is 85.4 Å². The zero-order chi connectivity index (χ0) is 10.6. The van der Waals surface area contributed by atoms with Crippen molar-refractivity contribution in [1.82, 2.24) is 4.90 Å². The molecule has 0 bridgehead atoms. The summed E-state index contributed by atoms with van der Waals surface area (Å²) in [5.74, 6) is -0.867. The lowest BCUT2D eigenvalue weighted by atomic mass is 9.78. The number of rotatable bonds is 3. The first-order chi connectivity index (χ1) is 6.56. The van der Waals surface area contributed by atoms with Gasteiger partial charge in [-0.2, -0.15) is 0 Å². The maximum Gasteiger partial charge on any atom is 0.329 e. The summed E-state index contributed by atoms with van der Waals surface area (Å²) in [5.41, 5.74) is 0.466. The van der Waals surface area contributed by atoms with E-state index in [2.05, 4.69) is 18.7 Å². The van der Waals surface area contributed by atoms with Gasteiger partial charge in [-0.15, -0.1) is 0 Å². The Hall–Kier alpha value is -0.990. The summed E-state index contributed by atoms with van der Waals surface area (Å²) in [4.78, 5) is 12.4. The van der Waals surface area contributed by atoms with Crippen molar-refractivity contribution >= 4 is 5.97 Å². The first kappa shape index (κ1) is 11.1. The Balaban J connectivity index is 2.39. The monoisotopic (exact) mass is 197 g/mol. The molecule has 0 saturated carbocycles. The molecule has 0 radical (unpaired) electrons. The molecule has 0 unspecified atom stereocenters. The van der Waals surface area contributed by atoms with Crippen LogP contribution in [-0.4, -0.2) is 29.1 Å². The first-order valence-corrected chi connectivity index (χ1v) is 5.21. The number of aliphatic carboxylic acids is 1. The van der Waals surface area contributed by atoms with Crippen LogP contribution in [0.3, 0.4) is 0 Å². The Kier molecular flexibility index (Phi) is 3.55. The fraction of sp³-hybridized carbons (Fsp3) is 0.727. The molecule has 1 fully saturated rings. The van der Waals surface area contributed by atoms with Crippen LogP contribution in [-0.2, 0) is 4.79 Å². The zero-order valence-electron chi connectivity index (χ0n) is 8.99. The van der Waals surface area contributed by atoms with Gasteiger partial charge in [0.2, 0.25) is 0 Å². The lowest BCUT2D eigenvalue weighted by Crippen LogP contribution is -2.35. The van der Waals surface area contributed by atoms with Gasteiger partial charge >= 0.3 is 5.97 Å². The van der Waals surface area contributed by atoms with E-state index in [1.165, 1.54) is 12.5 Å². The van der Waals surface area contributed by atoms with Crippen molar-refractivity contribution < 1.29 is 9.90 Å². The van der Waals surface area contributed by atoms with Gasteiger partial charge in [-0.25, -0.2) is 4.79 Å². The van der Waals surface area contributed by atoms with E-state index in [0.717, 1.165) is 25.9 Å². The van der Waals surface area contributed by atoms with Crippen LogP contribution < -0.4 is 0 Å². The lowest BCUT2D eigenvalue weighted by molar-refractivity contribution is -0.131. The molecule has 1 rings (SSSR count). The fourth-order valence-electron chi connectivity index (χ4n) is 1.74. The number of nitrogens with zero attached hydrogens (tertiary/aromatic N) is 1. The molecule has 0 atom stereocenters. The van der Waals surface area contributed by atoms with Gasteiger partial charge in [0, 0.05) is 25.4 Å². The molecule has 0 aromatic carbocycles. The molecule has 1 aliphatic rings. The van der Waals surface area contributed by atoms with Gasteiger partial charge < -0.3 is 10.0 Å². The summed E-state index contributed by atoms with van der Waals surface area (Å²) >= 11 is 0. The minimum absolute atomic E-state index is 0.466. The van der Waals surface area contributed by atoms with Crippen LogP contribution in [0.2, 0.25) is 0 Å². The van der Waals surface area contributed by atoms with E-state index in [9.17, 15) is 4.79 Å². The largest absolute Gasteiger partial charge is 0.478 e. The molecule has 0 aromatic heterocycles. The topological polar surface area (TPSA) is 40.5 Å². The van der Waals surface area contributed by atoms with E-state index in [1.807, 2.05) is 0 Å². The van der Waals surface area contributed by atoms with Gasteiger partial charge in [0.05, 0.1) is 0 Å². The summed E-state index contributed by atoms with van der Waals surface area (Å²) in [6.45, 7) is 6.50. The minimum atomic E-state index is -0.867. The summed E-state index contributed by atoms with van der Waals surface area (Å²) in [6.07, 6.45) is 6.44. The molecule has 1 aliphatic heterocycles. The minimum Gasteiger partial charge on any atom is -0.478 e. The van der Waals surface area contributed by atoms with Crippen LogP contribution in [0.5, 0.6) is 0 Å². The van der Waals surface area contributed by atoms with E-state index in [0.29, 0.717) is 5.41 Å². The molecule has 3 heteroatoms. The molecule has 14 heavy (non-hydrogen) atoms. The summed E-state index contributed by atoms with van der Waals surface area (Å²) in [7, 11) is 0. The highest BCUT2D eigenvalue weighted by molar-refractivity contribution is 5.79. The molecule has 3 nitrogen and oxygen atoms in total. The van der Waals surface area contributed by atoms with Crippen LogP contribution >= 0.6 is 0 Å². The van der Waals surface area contributed by atoms with Crippen LogP contribution in [0.4, 0.5) is 0 Å². The second kappa shape index (κ2) is 4.49. The molecule has 0 amide bonds. The fourth-order valence-corrected chi connectivity index (χ4v) is 1.74. The number of hydrogen-bond donors (Lipinski definition) is 1. The van der Waals surface area contributed by atoms with E-state index < -0.39 is 5.97 Å². The standard InChI is InChI=1S/C11H19NO2/c1-3-11(2)5-8-12(9-6-11)7-4-10(13)14/h4,7H,3,5-6,8-9H2,1-2H3,(H,13,14)/b7-4+. The lowest BCUT2D eigenvalue weighted by Gasteiger charge is -2.38. The van der Waals surface area contributed by atoms with Crippen LogP contribution in [0.15, 0.2) is 12.3 Å². The highest BCUT2D eigenvalue weighted by atomic mass is 16.4. The first-order valence-electron chi connectivity index (χ1n) is 5.21. The molecular weight excluding hydrogens is 178 g/mol. The number of carbonyl (C=O) groups is 1. The molecule has 80 valence electrons. The van der Waals surface area contributed by atoms with E-state index in [1.54, 1.807) is 6.20 Å². The average Bonchev–Trinajstić information content (AvgIpc) is 2.17. The molecular formula is C11H19NO2. The zero-order valence-corrected chi connectivity index (χ0v) is 8.99. The number of likely N-dealkylation sites (tertiary alicyclic amines) is 1. The van der Waals surface area contributed by atoms with Crippen molar-refractivity contribution in [2.45, 2.75) is 33.1 Å². The Morgan fingerprint density at radius 2 is 2.07 bits per heavy atom. The smallest absolute Gasteiger partial charge is 0.329 e. The van der Waals surface area contributed by atoms with Crippen LogP contribution in [0.1, 0.15) is 33.1 Å². The van der Waals surface area contributed by atoms with Gasteiger partial charge in [0.1, 0.15) is 0 Å². The average molecular weight is 197 g/mol. The molecule has 0 aromatic rings. The van der Waals surface area contributed by atoms with Crippen LogP contribution in [0.25, 0.3) is 0 Å². The molecule has 0 aliphatic carbocycles. The van der Waals surface area contributed by atoms with E-state index in [-0.39, 0.29) is 0 Å².